The molecule has 2 aromatic heterocycles. The number of hydrogen-bond donors (Lipinski definition) is 1. The average molecular weight is 651 g/mol. The molecule has 0 bridgehead atoms. The Morgan fingerprint density at radius 2 is 1.50 bits per heavy atom. The molecule has 1 aliphatic rings. The summed E-state index contributed by atoms with van der Waals surface area (Å²) in [5.41, 5.74) is 2.81. The summed E-state index contributed by atoms with van der Waals surface area (Å²) in [5, 5.41) is 0.0178. The van der Waals surface area contributed by atoms with Crippen LogP contribution in [0.25, 0.3) is 22.2 Å². The number of pyridine rings is 1. The highest BCUT2D eigenvalue weighted by atomic mass is 35.5. The van der Waals surface area contributed by atoms with Crippen LogP contribution in [0.1, 0.15) is 0 Å². The summed E-state index contributed by atoms with van der Waals surface area (Å²) < 4.78 is 61.2. The first-order chi connectivity index (χ1) is 21.1. The molecule has 3 aromatic carbocycles. The van der Waals surface area contributed by atoms with Gasteiger partial charge in [-0.1, -0.05) is 35.9 Å². The number of nitrogens with one attached hydrogen (secondary N) is 1. The number of nitrogens with zero attached hydrogens (tertiary/aromatic N) is 5. The molecule has 5 aromatic rings. The van der Waals surface area contributed by atoms with E-state index in [9.17, 15) is 16.8 Å². The topological polar surface area (TPSA) is 135 Å². The molecule has 1 aliphatic heterocycles. The summed E-state index contributed by atoms with van der Waals surface area (Å²) in [6.45, 7) is 1.49. The largest absolute Gasteiger partial charge is 0.497 e. The van der Waals surface area contributed by atoms with E-state index in [-0.39, 0.29) is 20.6 Å². The molecule has 226 valence electrons. The number of anilines is 2. The fourth-order valence-electron chi connectivity index (χ4n) is 4.87. The lowest BCUT2D eigenvalue weighted by atomic mass is 10.1. The van der Waals surface area contributed by atoms with Crippen molar-refractivity contribution in [3.8, 4) is 16.9 Å². The molecule has 1 N–H and O–H groups in total. The highest BCUT2D eigenvalue weighted by Gasteiger charge is 2.29. The maximum Gasteiger partial charge on any atom is 0.261 e. The van der Waals surface area contributed by atoms with Crippen LogP contribution in [0.4, 0.5) is 11.5 Å². The first-order valence-electron chi connectivity index (χ1n) is 13.5. The molecule has 0 unspecified atom stereocenters. The molecule has 0 radical (unpaired) electrons. The highest BCUT2D eigenvalue weighted by molar-refractivity contribution is 7.92. The molecule has 14 heteroatoms. The second-order valence-electron chi connectivity index (χ2n) is 9.98. The van der Waals surface area contributed by atoms with Gasteiger partial charge in [-0.3, -0.25) is 9.71 Å². The van der Waals surface area contributed by atoms with E-state index in [4.69, 9.17) is 21.3 Å². The van der Waals surface area contributed by atoms with Crippen molar-refractivity contribution in [1.29, 1.82) is 0 Å². The Morgan fingerprint density at radius 3 is 2.20 bits per heavy atom. The fraction of sp³-hybridized carbons (Fsp3) is 0.167. The second-order valence-corrected chi connectivity index (χ2v) is 14.0. The number of benzene rings is 3. The molecule has 0 saturated carbocycles. The summed E-state index contributed by atoms with van der Waals surface area (Å²) in [7, 11) is -5.98. The van der Waals surface area contributed by atoms with Gasteiger partial charge in [0.25, 0.3) is 10.0 Å². The van der Waals surface area contributed by atoms with Gasteiger partial charge in [-0.15, -0.1) is 0 Å². The van der Waals surface area contributed by atoms with Crippen LogP contribution in [-0.4, -0.2) is 69.4 Å². The summed E-state index contributed by atoms with van der Waals surface area (Å²) in [4.78, 5) is 15.9. The van der Waals surface area contributed by atoms with Crippen molar-refractivity contribution in [3.05, 3.63) is 96.4 Å². The number of aromatic nitrogens is 3. The number of hydrogen-bond acceptors (Lipinski definition) is 9. The van der Waals surface area contributed by atoms with E-state index in [2.05, 4.69) is 14.7 Å². The zero-order chi connectivity index (χ0) is 30.9. The molecule has 0 amide bonds. The number of fused-ring (bicyclic) bond motifs is 1. The van der Waals surface area contributed by atoms with Crippen molar-refractivity contribution < 1.29 is 21.6 Å². The van der Waals surface area contributed by atoms with Gasteiger partial charge in [0.2, 0.25) is 10.0 Å². The third-order valence-electron chi connectivity index (χ3n) is 7.26. The van der Waals surface area contributed by atoms with Crippen molar-refractivity contribution in [2.75, 3.05) is 42.9 Å². The van der Waals surface area contributed by atoms with Crippen LogP contribution in [0.5, 0.6) is 5.75 Å². The van der Waals surface area contributed by atoms with Gasteiger partial charge < -0.3 is 9.64 Å². The minimum Gasteiger partial charge on any atom is -0.497 e. The maximum atomic E-state index is 13.2. The van der Waals surface area contributed by atoms with E-state index in [0.717, 1.165) is 5.56 Å². The van der Waals surface area contributed by atoms with Crippen LogP contribution in [0.2, 0.25) is 5.15 Å². The van der Waals surface area contributed by atoms with Gasteiger partial charge in [-0.25, -0.2) is 26.8 Å². The minimum atomic E-state index is -3.87. The first-order valence-corrected chi connectivity index (χ1v) is 16.8. The zero-order valence-corrected chi connectivity index (χ0v) is 25.8. The predicted molar refractivity (Wildman–Crippen MR) is 169 cm³/mol. The number of halogens is 1. The lowest BCUT2D eigenvalue weighted by molar-refractivity contribution is 0.383. The molecular formula is C30H27ClN6O5S2. The number of sulfonamides is 2. The van der Waals surface area contributed by atoms with Gasteiger partial charge in [-0.05, 0) is 60.2 Å². The van der Waals surface area contributed by atoms with E-state index in [1.807, 2.05) is 23.1 Å². The number of methoxy groups -OCH3 is 1. The molecule has 44 heavy (non-hydrogen) atoms. The van der Waals surface area contributed by atoms with Crippen LogP contribution in [0, 0.1) is 0 Å². The lowest BCUT2D eigenvalue weighted by Crippen LogP contribution is -2.48. The second kappa shape index (κ2) is 12.0. The van der Waals surface area contributed by atoms with Gasteiger partial charge in [-0.2, -0.15) is 4.31 Å². The lowest BCUT2D eigenvalue weighted by Gasteiger charge is -2.34. The fourth-order valence-corrected chi connectivity index (χ4v) is 7.58. The summed E-state index contributed by atoms with van der Waals surface area (Å²) in [6.07, 6.45) is 3.24. The number of ether oxygens (including phenoxy) is 1. The Balaban J connectivity index is 1.20. The van der Waals surface area contributed by atoms with Crippen molar-refractivity contribution >= 4 is 54.2 Å². The van der Waals surface area contributed by atoms with Crippen molar-refractivity contribution in [2.24, 2.45) is 0 Å². The molecule has 1 saturated heterocycles. The molecule has 0 aliphatic carbocycles. The molecule has 1 fully saturated rings. The third kappa shape index (κ3) is 6.04. The van der Waals surface area contributed by atoms with E-state index in [0.29, 0.717) is 54.3 Å². The van der Waals surface area contributed by atoms with Crippen LogP contribution >= 0.6 is 11.6 Å². The van der Waals surface area contributed by atoms with Gasteiger partial charge in [0.15, 0.2) is 5.15 Å². The highest BCUT2D eigenvalue weighted by Crippen LogP contribution is 2.30. The summed E-state index contributed by atoms with van der Waals surface area (Å²) in [5.74, 6) is 1.22. The Morgan fingerprint density at radius 1 is 0.773 bits per heavy atom. The van der Waals surface area contributed by atoms with Gasteiger partial charge in [0.1, 0.15) is 11.6 Å². The van der Waals surface area contributed by atoms with E-state index in [1.54, 1.807) is 60.9 Å². The third-order valence-corrected chi connectivity index (χ3v) is 10.9. The molecule has 6 rings (SSSR count). The van der Waals surface area contributed by atoms with E-state index < -0.39 is 20.0 Å². The first kappa shape index (κ1) is 29.8. The maximum absolute atomic E-state index is 13.2. The Bertz CT molecular complexity index is 2040. The van der Waals surface area contributed by atoms with Gasteiger partial charge >= 0.3 is 0 Å². The van der Waals surface area contributed by atoms with Crippen LogP contribution in [0.15, 0.2) is 101 Å². The molecule has 11 nitrogen and oxygen atoms in total. The molecular weight excluding hydrogens is 624 g/mol. The smallest absolute Gasteiger partial charge is 0.261 e. The Hall–Kier alpha value is -4.30. The van der Waals surface area contributed by atoms with Crippen molar-refractivity contribution in [1.82, 2.24) is 19.3 Å². The van der Waals surface area contributed by atoms with Gasteiger partial charge in [0, 0.05) is 37.9 Å². The monoisotopic (exact) mass is 650 g/mol. The van der Waals surface area contributed by atoms with Crippen LogP contribution in [0.3, 0.4) is 0 Å². The molecule has 0 spiro atoms. The van der Waals surface area contributed by atoms with Crippen molar-refractivity contribution in [3.63, 3.8) is 0 Å². The van der Waals surface area contributed by atoms with E-state index in [1.165, 1.54) is 23.5 Å². The molecule has 0 atom stereocenters. The minimum absolute atomic E-state index is 0.0178. The standard InChI is InChI=1S/C30H27ClN6O5S2/c1-42-23-8-10-25(11-9-23)44(40,41)37-15-13-36(14-16-37)29-20-32-26-12-7-21(17-27(26)34-29)22-18-28(30(31)33-19-22)35-43(38,39)24-5-3-2-4-6-24/h2-12,17-20,35H,13-16H2,1H3. The summed E-state index contributed by atoms with van der Waals surface area (Å²) >= 11 is 6.25. The van der Waals surface area contributed by atoms with Crippen LogP contribution in [-0.2, 0) is 20.0 Å². The summed E-state index contributed by atoms with van der Waals surface area (Å²) in [6, 6.07) is 21.5. The predicted octanol–water partition coefficient (Wildman–Crippen LogP) is 4.67. The van der Waals surface area contributed by atoms with E-state index >= 15 is 0 Å². The zero-order valence-electron chi connectivity index (χ0n) is 23.5. The molecule has 3 heterocycles. The Labute approximate surface area is 260 Å². The Kier molecular flexibility index (Phi) is 8.12. The van der Waals surface area contributed by atoms with Gasteiger partial charge in [0.05, 0.1) is 39.8 Å². The quantitative estimate of drug-likeness (QED) is 0.238. The normalized spacial score (nSPS) is 14.5. The SMILES string of the molecule is COc1ccc(S(=O)(=O)N2CCN(c3cnc4ccc(-c5cnc(Cl)c(NS(=O)(=O)c6ccccc6)c5)cc4n3)CC2)cc1. The van der Waals surface area contributed by atoms with Crippen LogP contribution < -0.4 is 14.4 Å². The average Bonchev–Trinajstić information content (AvgIpc) is 3.05. The van der Waals surface area contributed by atoms with Crippen molar-refractivity contribution in [2.45, 2.75) is 9.79 Å². The number of piperazine rings is 1. The number of rotatable bonds is 8.